The molecule has 0 aromatic heterocycles. The van der Waals surface area contributed by atoms with Crippen molar-refractivity contribution < 1.29 is 23.2 Å². The zero-order valence-electron chi connectivity index (χ0n) is 7.12. The van der Waals surface area contributed by atoms with Gasteiger partial charge in [0, 0.05) is 0 Å². The van der Waals surface area contributed by atoms with Crippen molar-refractivity contribution in [1.29, 1.82) is 0 Å². The molecule has 0 aliphatic rings. The molecule has 1 nitrogen and oxygen atoms in total. The first-order chi connectivity index (χ1) is 5.29. The molecule has 0 heterocycles. The van der Waals surface area contributed by atoms with Crippen LogP contribution < -0.4 is 0 Å². The first-order valence-electron chi connectivity index (χ1n) is 3.83. The van der Waals surface area contributed by atoms with E-state index >= 15 is 0 Å². The number of rotatable bonds is 3. The molecule has 11 heavy (non-hydrogen) atoms. The molecule has 0 atom stereocenters. The van der Waals surface area contributed by atoms with Crippen molar-refractivity contribution in [3.05, 3.63) is 35.9 Å². The zero-order valence-corrected chi connectivity index (χ0v) is 8.92. The van der Waals surface area contributed by atoms with Gasteiger partial charge in [0.25, 0.3) is 0 Å². The maximum absolute atomic E-state index is 2.36. The fraction of sp³-hybridized carbons (Fsp3) is 0.333. The van der Waals surface area contributed by atoms with Crippen molar-refractivity contribution in [2.24, 2.45) is 0 Å². The predicted octanol–water partition coefficient (Wildman–Crippen LogP) is 1.75. The SMILES string of the molecule is C[N](C)[Sc][CH2]c1ccccc1. The summed E-state index contributed by atoms with van der Waals surface area (Å²) in [5.41, 5.74) is 1.49. The molecular weight excluding hydrogens is 167 g/mol. The Labute approximate surface area is 80.2 Å². The molecule has 0 bridgehead atoms. The Bertz CT molecular complexity index is 196. The first-order valence-corrected chi connectivity index (χ1v) is 5.91. The molecule has 0 N–H and O–H groups in total. The fourth-order valence-electron chi connectivity index (χ4n) is 0.902. The summed E-state index contributed by atoms with van der Waals surface area (Å²) in [5, 5.41) is 0. The Hall–Kier alpha value is 0.0501. The van der Waals surface area contributed by atoms with E-state index < -0.39 is 0 Å². The number of nitrogens with zero attached hydrogens (tertiary/aromatic N) is 1. The summed E-state index contributed by atoms with van der Waals surface area (Å²) < 4.78 is 3.66. The van der Waals surface area contributed by atoms with Gasteiger partial charge >= 0.3 is 80.2 Å². The molecular formula is C9H13NSc. The molecule has 0 unspecified atom stereocenters. The molecule has 1 aromatic rings. The van der Waals surface area contributed by atoms with E-state index in [0.29, 0.717) is 0 Å². The summed E-state index contributed by atoms with van der Waals surface area (Å²) >= 11 is -0.162. The molecule has 0 aliphatic heterocycles. The van der Waals surface area contributed by atoms with Crippen LogP contribution in [0.2, 0.25) is 0 Å². The second-order valence-electron chi connectivity index (χ2n) is 2.84. The first kappa shape index (κ1) is 9.14. The molecule has 0 saturated heterocycles. The van der Waals surface area contributed by atoms with Gasteiger partial charge in [0.05, 0.1) is 0 Å². The normalized spacial score (nSPS) is 9.73. The van der Waals surface area contributed by atoms with Crippen LogP contribution in [0, 0.1) is 0 Å². The molecule has 1 aromatic carbocycles. The van der Waals surface area contributed by atoms with Crippen LogP contribution in [0.5, 0.6) is 0 Å². The van der Waals surface area contributed by atoms with Crippen LogP contribution in [0.15, 0.2) is 30.3 Å². The molecule has 0 amide bonds. The van der Waals surface area contributed by atoms with Gasteiger partial charge in [0.1, 0.15) is 0 Å². The maximum atomic E-state index is 2.36. The van der Waals surface area contributed by atoms with E-state index in [9.17, 15) is 0 Å². The van der Waals surface area contributed by atoms with Crippen molar-refractivity contribution in [1.82, 2.24) is 2.89 Å². The van der Waals surface area contributed by atoms with E-state index in [1.807, 2.05) is 0 Å². The van der Waals surface area contributed by atoms with Gasteiger partial charge in [-0.15, -0.1) is 0 Å². The van der Waals surface area contributed by atoms with E-state index in [0.717, 1.165) is 0 Å². The van der Waals surface area contributed by atoms with Gasteiger partial charge in [0.15, 0.2) is 0 Å². The quantitative estimate of drug-likeness (QED) is 0.684. The van der Waals surface area contributed by atoms with Gasteiger partial charge in [-0.25, -0.2) is 0 Å². The molecule has 0 saturated carbocycles. The number of hydrogen-bond acceptors (Lipinski definition) is 1. The third kappa shape index (κ3) is 3.82. The third-order valence-electron chi connectivity index (χ3n) is 1.53. The summed E-state index contributed by atoms with van der Waals surface area (Å²) in [6.45, 7) is 0. The Kier molecular flexibility index (Phi) is 4.02. The van der Waals surface area contributed by atoms with Crippen molar-refractivity contribution in [2.45, 2.75) is 4.18 Å². The molecule has 0 spiro atoms. The van der Waals surface area contributed by atoms with Gasteiger partial charge in [-0.2, -0.15) is 0 Å². The van der Waals surface area contributed by atoms with Gasteiger partial charge in [-0.3, -0.25) is 0 Å². The summed E-state index contributed by atoms with van der Waals surface area (Å²) in [5.74, 6) is 0. The van der Waals surface area contributed by atoms with E-state index in [2.05, 4.69) is 47.3 Å². The minimum absolute atomic E-state index is 0.162. The topological polar surface area (TPSA) is 3.24 Å². The number of benzene rings is 1. The predicted molar refractivity (Wildman–Crippen MR) is 43.8 cm³/mol. The van der Waals surface area contributed by atoms with Crippen molar-refractivity contribution in [3.63, 3.8) is 0 Å². The monoisotopic (exact) mass is 180 g/mol. The van der Waals surface area contributed by atoms with Gasteiger partial charge in [0.2, 0.25) is 0 Å². The molecule has 57 valence electrons. The van der Waals surface area contributed by atoms with Crippen LogP contribution in [0.3, 0.4) is 0 Å². The molecule has 1 rings (SSSR count). The average Bonchev–Trinajstić information content (AvgIpc) is 2.03. The fourth-order valence-corrected chi connectivity index (χ4v) is 2.23. The van der Waals surface area contributed by atoms with Crippen LogP contribution in [0.25, 0.3) is 0 Å². The summed E-state index contributed by atoms with van der Waals surface area (Å²) in [6.07, 6.45) is 0. The molecule has 0 fully saturated rings. The zero-order chi connectivity index (χ0) is 8.10. The Balaban J connectivity index is 2.39. The van der Waals surface area contributed by atoms with Crippen LogP contribution in [0.4, 0.5) is 0 Å². The standard InChI is InChI=1S/C7H7.C2H6N.Sc/c1-7-5-3-2-4-6-7;1-3-2;/h2-6H,1H2;1-2H3;/q;-1;+1. The van der Waals surface area contributed by atoms with E-state index in [-0.39, 0.29) is 23.2 Å². The summed E-state index contributed by atoms with van der Waals surface area (Å²) in [4.78, 5) is 0. The van der Waals surface area contributed by atoms with Gasteiger partial charge in [-0.05, 0) is 0 Å². The van der Waals surface area contributed by atoms with E-state index in [1.54, 1.807) is 0 Å². The summed E-state index contributed by atoms with van der Waals surface area (Å²) in [6, 6.07) is 10.7. The molecule has 0 aliphatic carbocycles. The van der Waals surface area contributed by atoms with Crippen molar-refractivity contribution in [3.8, 4) is 0 Å². The van der Waals surface area contributed by atoms with E-state index in [1.165, 1.54) is 9.74 Å². The molecule has 0 radical (unpaired) electrons. The average molecular weight is 180 g/mol. The summed E-state index contributed by atoms with van der Waals surface area (Å²) in [7, 11) is 4.34. The van der Waals surface area contributed by atoms with Gasteiger partial charge in [-0.1, -0.05) is 0 Å². The van der Waals surface area contributed by atoms with Crippen molar-refractivity contribution in [2.75, 3.05) is 14.1 Å². The second-order valence-corrected chi connectivity index (χ2v) is 5.66. The van der Waals surface area contributed by atoms with Crippen molar-refractivity contribution >= 4 is 0 Å². The Morgan fingerprint density at radius 2 is 1.82 bits per heavy atom. The molecule has 2 heteroatoms. The van der Waals surface area contributed by atoms with Crippen LogP contribution in [-0.4, -0.2) is 17.0 Å². The Morgan fingerprint density at radius 3 is 2.36 bits per heavy atom. The van der Waals surface area contributed by atoms with E-state index in [4.69, 9.17) is 0 Å². The second kappa shape index (κ2) is 4.83. The third-order valence-corrected chi connectivity index (χ3v) is 3.70. The minimum atomic E-state index is -0.162. The number of hydrogen-bond donors (Lipinski definition) is 0. The van der Waals surface area contributed by atoms with Crippen LogP contribution in [-0.2, 0) is 27.4 Å². The van der Waals surface area contributed by atoms with Crippen LogP contribution >= 0.6 is 0 Å². The Morgan fingerprint density at radius 1 is 1.18 bits per heavy atom. The van der Waals surface area contributed by atoms with Crippen LogP contribution in [0.1, 0.15) is 5.56 Å². The van der Waals surface area contributed by atoms with Gasteiger partial charge < -0.3 is 0 Å².